The molecule has 2 rings (SSSR count). The number of carboxylic acids is 1. The number of carbonyl (C=O) groups is 8. The molecule has 2 aliphatic heterocycles. The third kappa shape index (κ3) is 38.2. The van der Waals surface area contributed by atoms with Gasteiger partial charge in [-0.15, -0.1) is 0 Å². The Bertz CT molecular complexity index is 1510. The Balaban J connectivity index is 0.000000862. The molecule has 0 bridgehead atoms. The number of ketones is 4. The number of Topliss-reactive ketones (excluding diaryl/α,β-unsaturated/α-hetero) is 4. The van der Waals surface area contributed by atoms with Crippen LogP contribution in [0.3, 0.4) is 0 Å². The number of amides is 4. The second-order valence-corrected chi connectivity index (χ2v) is 20.4. The van der Waals surface area contributed by atoms with E-state index in [0.29, 0.717) is 152 Å². The van der Waals surface area contributed by atoms with Crippen molar-refractivity contribution < 1.29 is 57.7 Å². The number of hydrogen-bond donors (Lipinski definition) is 6. The van der Waals surface area contributed by atoms with E-state index < -0.39 is 12.0 Å². The zero-order valence-corrected chi connectivity index (χ0v) is 45.3. The molecule has 7 N–H and O–H groups in total. The van der Waals surface area contributed by atoms with Gasteiger partial charge in [0.05, 0.1) is 31.3 Å². The molecule has 2 fully saturated rings. The van der Waals surface area contributed by atoms with Gasteiger partial charge in [0.2, 0.25) is 11.8 Å². The fraction of sp³-hybridized carbons (Fsp3) is 0.852. The van der Waals surface area contributed by atoms with Crippen molar-refractivity contribution in [3.63, 3.8) is 0 Å². The number of nitrogens with one attached hydrogen (secondary N) is 4. The van der Waals surface area contributed by atoms with Gasteiger partial charge in [0.1, 0.15) is 17.3 Å². The molecule has 2 heterocycles. The molecule has 0 aromatic carbocycles. The third-order valence-corrected chi connectivity index (χ3v) is 14.3. The molecule has 4 atom stereocenters. The first-order chi connectivity index (χ1) is 34.9. The van der Waals surface area contributed by atoms with Gasteiger partial charge in [-0.2, -0.15) is 11.8 Å². The molecule has 17 nitrogen and oxygen atoms in total. The molecule has 0 aromatic rings. The number of nitrogens with two attached hydrogens (primary N) is 1. The number of rotatable bonds is 49. The molecule has 0 aromatic heterocycles. The Morgan fingerprint density at radius 3 is 1.74 bits per heavy atom. The van der Waals surface area contributed by atoms with Crippen LogP contribution in [0.15, 0.2) is 0 Å². The van der Waals surface area contributed by atoms with Crippen LogP contribution in [0.4, 0.5) is 4.79 Å². The van der Waals surface area contributed by atoms with Crippen molar-refractivity contribution in [3.05, 3.63) is 0 Å². The lowest BCUT2D eigenvalue weighted by atomic mass is 10.00. The summed E-state index contributed by atoms with van der Waals surface area (Å²) in [5.41, 5.74) is 5.47. The maximum atomic E-state index is 12.9. The highest BCUT2D eigenvalue weighted by atomic mass is 32.2. The molecule has 18 heteroatoms. The van der Waals surface area contributed by atoms with Gasteiger partial charge in [0, 0.05) is 108 Å². The normalized spacial score (nSPS) is 16.2. The Hall–Kier alpha value is -3.45. The smallest absolute Gasteiger partial charge is 0.315 e. The average molecular weight is 1040 g/mol. The fourth-order valence-electron chi connectivity index (χ4n) is 8.58. The standard InChI is InChI=1S/C36H65N3O8.C18H32N2O4S/c1-2-47-29-17-14-22-33(42)32(39-35(44)26-25-31(41)20-9-4-6-12-24-36(45)46)21-13-16-28-38-34(43)23-11-5-3-8-18-30(40)19-10-7-15-27-37;1-2-23-11-12-24-10-6-5-8-14(21)7-3-4-9-16-17-15(13-25-16)19-18(22)20-17/h32H,2-29,37H2,1H3,(H,38,43)(H,39,44)(H,45,46);15-17H,2-13H2,1H3,(H2,19,20,22)/t32-;15-,16-,17-/m00/s1. The van der Waals surface area contributed by atoms with Gasteiger partial charge in [0.15, 0.2) is 5.78 Å². The summed E-state index contributed by atoms with van der Waals surface area (Å²) >= 11 is 1.94. The Morgan fingerprint density at radius 2 is 1.11 bits per heavy atom. The number of fused-ring (bicyclic) bond motifs is 1. The molecule has 4 amide bonds. The Labute approximate surface area is 436 Å². The van der Waals surface area contributed by atoms with Crippen LogP contribution in [0.25, 0.3) is 0 Å². The van der Waals surface area contributed by atoms with E-state index in [2.05, 4.69) is 21.3 Å². The molecule has 0 spiro atoms. The molecule has 0 radical (unpaired) electrons. The summed E-state index contributed by atoms with van der Waals surface area (Å²) in [6, 6.07) is -0.0828. The maximum Gasteiger partial charge on any atom is 0.315 e. The topological polar surface area (TPSA) is 259 Å². The van der Waals surface area contributed by atoms with Crippen molar-refractivity contribution in [1.29, 1.82) is 0 Å². The van der Waals surface area contributed by atoms with Gasteiger partial charge >= 0.3 is 12.0 Å². The molecular weight excluding hydrogens is 943 g/mol. The monoisotopic (exact) mass is 1040 g/mol. The predicted octanol–water partition coefficient (Wildman–Crippen LogP) is 8.24. The van der Waals surface area contributed by atoms with Gasteiger partial charge in [-0.05, 0) is 117 Å². The predicted molar refractivity (Wildman–Crippen MR) is 284 cm³/mol. The van der Waals surface area contributed by atoms with E-state index in [-0.39, 0.29) is 54.7 Å². The summed E-state index contributed by atoms with van der Waals surface area (Å²) in [7, 11) is 0. The quantitative estimate of drug-likeness (QED) is 0.0248. The van der Waals surface area contributed by atoms with Crippen LogP contribution in [-0.4, -0.2) is 134 Å². The molecule has 416 valence electrons. The first-order valence-corrected chi connectivity index (χ1v) is 28.9. The van der Waals surface area contributed by atoms with E-state index in [1.165, 1.54) is 0 Å². The largest absolute Gasteiger partial charge is 0.481 e. The van der Waals surface area contributed by atoms with Crippen molar-refractivity contribution in [1.82, 2.24) is 21.3 Å². The van der Waals surface area contributed by atoms with E-state index in [0.717, 1.165) is 109 Å². The summed E-state index contributed by atoms with van der Waals surface area (Å²) in [6.45, 7) is 9.02. The first kappa shape index (κ1) is 66.6. The summed E-state index contributed by atoms with van der Waals surface area (Å²) in [5.74, 6) is 0.517. The molecular formula is C54H97N5O12S. The summed E-state index contributed by atoms with van der Waals surface area (Å²) in [6.07, 6.45) is 21.5. The molecule has 0 aliphatic carbocycles. The van der Waals surface area contributed by atoms with Crippen LogP contribution in [0, 0.1) is 0 Å². The lowest BCUT2D eigenvalue weighted by Crippen LogP contribution is -2.41. The van der Waals surface area contributed by atoms with Crippen LogP contribution >= 0.6 is 11.8 Å². The minimum Gasteiger partial charge on any atom is -0.481 e. The van der Waals surface area contributed by atoms with E-state index >= 15 is 0 Å². The number of carbonyl (C=O) groups excluding carboxylic acids is 7. The zero-order valence-electron chi connectivity index (χ0n) is 44.5. The fourth-order valence-corrected chi connectivity index (χ4v) is 10.1. The second-order valence-electron chi connectivity index (χ2n) is 19.2. The molecule has 72 heavy (non-hydrogen) atoms. The third-order valence-electron chi connectivity index (χ3n) is 12.8. The number of unbranched alkanes of at least 4 members (excludes halogenated alkanes) is 12. The van der Waals surface area contributed by atoms with E-state index in [1.54, 1.807) is 0 Å². The highest BCUT2D eigenvalue weighted by Gasteiger charge is 2.42. The Kier molecular flexibility index (Phi) is 42.6. The lowest BCUT2D eigenvalue weighted by molar-refractivity contribution is -0.137. The van der Waals surface area contributed by atoms with Crippen LogP contribution in [-0.2, 0) is 47.8 Å². The summed E-state index contributed by atoms with van der Waals surface area (Å²) < 4.78 is 16.0. The SMILES string of the molecule is CCOCCCCC(=O)[C@H](CCCCNC(=O)CCCCCCC(=O)CCCCCN)NC(=O)CCC(=O)CCCCCCC(=O)O.CCOCCOCCCCC(=O)CCCC[C@@H]1SC[C@@H]2NC(=O)N[C@@H]21. The minimum absolute atomic E-state index is 0.00105. The van der Waals surface area contributed by atoms with E-state index in [4.69, 9.17) is 25.1 Å². The average Bonchev–Trinajstić information content (AvgIpc) is 3.92. The highest BCUT2D eigenvalue weighted by Crippen LogP contribution is 2.33. The van der Waals surface area contributed by atoms with Crippen molar-refractivity contribution in [3.8, 4) is 0 Å². The van der Waals surface area contributed by atoms with Gasteiger partial charge in [0.25, 0.3) is 0 Å². The number of hydrogen-bond acceptors (Lipinski definition) is 13. The lowest BCUT2D eigenvalue weighted by Gasteiger charge is -2.18. The van der Waals surface area contributed by atoms with Crippen LogP contribution in [0.2, 0.25) is 0 Å². The maximum absolute atomic E-state index is 12.9. The highest BCUT2D eigenvalue weighted by molar-refractivity contribution is 8.00. The Morgan fingerprint density at radius 1 is 0.583 bits per heavy atom. The summed E-state index contributed by atoms with van der Waals surface area (Å²) in [5, 5.41) is 20.9. The number of ether oxygens (including phenoxy) is 3. The van der Waals surface area contributed by atoms with Crippen molar-refractivity contribution in [2.45, 2.75) is 236 Å². The van der Waals surface area contributed by atoms with Crippen molar-refractivity contribution in [2.24, 2.45) is 5.73 Å². The minimum atomic E-state index is -0.814. The molecule has 2 saturated heterocycles. The van der Waals surface area contributed by atoms with Gasteiger partial charge in [-0.3, -0.25) is 33.6 Å². The number of aliphatic carboxylic acids is 1. The van der Waals surface area contributed by atoms with Crippen molar-refractivity contribution >= 4 is 58.7 Å². The van der Waals surface area contributed by atoms with Crippen LogP contribution in [0.1, 0.15) is 213 Å². The summed E-state index contributed by atoms with van der Waals surface area (Å²) in [4.78, 5) is 95.7. The number of carboxylic acid groups (broad SMARTS) is 1. The number of urea groups is 1. The molecule has 0 saturated carbocycles. The number of thioether (sulfide) groups is 1. The molecule has 0 unspecified atom stereocenters. The van der Waals surface area contributed by atoms with Crippen LogP contribution < -0.4 is 27.0 Å². The van der Waals surface area contributed by atoms with Crippen molar-refractivity contribution in [2.75, 3.05) is 58.5 Å². The molecule has 2 aliphatic rings. The van der Waals surface area contributed by atoms with E-state index in [9.17, 15) is 38.4 Å². The van der Waals surface area contributed by atoms with Crippen LogP contribution in [0.5, 0.6) is 0 Å². The van der Waals surface area contributed by atoms with E-state index in [1.807, 2.05) is 25.6 Å². The van der Waals surface area contributed by atoms with Gasteiger partial charge in [-0.25, -0.2) is 4.79 Å². The first-order valence-electron chi connectivity index (χ1n) is 27.9. The zero-order chi connectivity index (χ0) is 52.9. The second kappa shape index (κ2) is 46.1. The van der Waals surface area contributed by atoms with Gasteiger partial charge < -0.3 is 46.3 Å². The van der Waals surface area contributed by atoms with Gasteiger partial charge in [-0.1, -0.05) is 38.5 Å².